The van der Waals surface area contributed by atoms with Crippen LogP contribution < -0.4 is 10.3 Å². The number of benzene rings is 2. The molecule has 0 saturated heterocycles. The van der Waals surface area contributed by atoms with E-state index in [0.717, 1.165) is 12.1 Å². The molecule has 0 unspecified atom stereocenters. The summed E-state index contributed by atoms with van der Waals surface area (Å²) in [6, 6.07) is 15.4. The first kappa shape index (κ1) is 22.4. The van der Waals surface area contributed by atoms with Crippen LogP contribution in [0.3, 0.4) is 0 Å². The topological polar surface area (TPSA) is 105 Å². The van der Waals surface area contributed by atoms with Crippen LogP contribution in [0.5, 0.6) is 5.75 Å². The maximum absolute atomic E-state index is 14.0. The number of carbonyl (C=O) groups excluding carboxylic acids is 1. The highest BCUT2D eigenvalue weighted by atomic mass is 19.1. The van der Waals surface area contributed by atoms with Gasteiger partial charge in [0, 0.05) is 31.0 Å². The fourth-order valence-electron chi connectivity index (χ4n) is 3.07. The predicted molar refractivity (Wildman–Crippen MR) is 113 cm³/mol. The van der Waals surface area contributed by atoms with E-state index in [0.29, 0.717) is 11.1 Å². The van der Waals surface area contributed by atoms with Crippen molar-refractivity contribution in [3.05, 3.63) is 98.7 Å². The summed E-state index contributed by atoms with van der Waals surface area (Å²) in [4.78, 5) is 25.5. The number of pyridine rings is 1. The maximum atomic E-state index is 14.0. The molecule has 0 saturated carbocycles. The molecule has 0 atom stereocenters. The second kappa shape index (κ2) is 10.2. The summed E-state index contributed by atoms with van der Waals surface area (Å²) >= 11 is 0. The van der Waals surface area contributed by atoms with Gasteiger partial charge >= 0.3 is 0 Å². The number of carbonyl (C=O) groups is 1. The zero-order valence-electron chi connectivity index (χ0n) is 17.2. The second-order valence-electron chi connectivity index (χ2n) is 6.77. The van der Waals surface area contributed by atoms with Gasteiger partial charge in [0.1, 0.15) is 29.8 Å². The van der Waals surface area contributed by atoms with Gasteiger partial charge in [-0.1, -0.05) is 18.2 Å². The molecule has 0 spiro atoms. The molecule has 2 aromatic carbocycles. The van der Waals surface area contributed by atoms with Gasteiger partial charge in [0.15, 0.2) is 5.78 Å². The molecule has 32 heavy (non-hydrogen) atoms. The minimum absolute atomic E-state index is 0.00751. The monoisotopic (exact) mass is 431 g/mol. The Kier molecular flexibility index (Phi) is 7.12. The molecule has 8 heteroatoms. The zero-order chi connectivity index (χ0) is 23.1. The van der Waals surface area contributed by atoms with Gasteiger partial charge in [-0.2, -0.15) is 10.5 Å². The zero-order valence-corrected chi connectivity index (χ0v) is 17.2. The molecule has 3 rings (SSSR count). The lowest BCUT2D eigenvalue weighted by Gasteiger charge is -2.13. The molecule has 1 heterocycles. The van der Waals surface area contributed by atoms with Crippen LogP contribution in [0.2, 0.25) is 0 Å². The van der Waals surface area contributed by atoms with Crippen LogP contribution in [0.25, 0.3) is 0 Å². The van der Waals surface area contributed by atoms with Crippen molar-refractivity contribution in [1.29, 1.82) is 10.5 Å². The van der Waals surface area contributed by atoms with Crippen LogP contribution in [0.15, 0.2) is 59.5 Å². The Morgan fingerprint density at radius 1 is 1.09 bits per heavy atom. The first-order chi connectivity index (χ1) is 15.5. The van der Waals surface area contributed by atoms with Crippen molar-refractivity contribution in [3.63, 3.8) is 0 Å². The summed E-state index contributed by atoms with van der Waals surface area (Å²) in [6.45, 7) is 0.337. The summed E-state index contributed by atoms with van der Waals surface area (Å²) in [6.07, 6.45) is 1.31. The molecular weight excluding hydrogens is 413 g/mol. The third-order valence-electron chi connectivity index (χ3n) is 4.71. The molecule has 0 N–H and O–H groups in total. The minimum atomic E-state index is -0.647. The maximum Gasteiger partial charge on any atom is 0.268 e. The molecule has 0 aliphatic rings. The number of halogens is 1. The summed E-state index contributed by atoms with van der Waals surface area (Å²) in [5, 5.41) is 18.5. The Hall–Kier alpha value is -4.27. The van der Waals surface area contributed by atoms with Gasteiger partial charge < -0.3 is 14.0 Å². The van der Waals surface area contributed by atoms with Gasteiger partial charge in [0.25, 0.3) is 5.56 Å². The van der Waals surface area contributed by atoms with Crippen molar-refractivity contribution in [2.75, 3.05) is 13.7 Å². The number of nitriles is 2. The Balaban J connectivity index is 1.98. The lowest BCUT2D eigenvalue weighted by atomic mass is 10.0. The summed E-state index contributed by atoms with van der Waals surface area (Å²) in [5.41, 5.74) is 0.230. The molecule has 0 fully saturated rings. The molecule has 1 aromatic heterocycles. The van der Waals surface area contributed by atoms with Crippen molar-refractivity contribution < 1.29 is 18.7 Å². The van der Waals surface area contributed by atoms with Gasteiger partial charge in [-0.15, -0.1) is 0 Å². The molecule has 0 bridgehead atoms. The normalized spacial score (nSPS) is 10.2. The van der Waals surface area contributed by atoms with E-state index in [1.54, 1.807) is 30.3 Å². The van der Waals surface area contributed by atoms with E-state index < -0.39 is 17.2 Å². The van der Waals surface area contributed by atoms with E-state index in [9.17, 15) is 24.5 Å². The van der Waals surface area contributed by atoms with Crippen LogP contribution >= 0.6 is 0 Å². The van der Waals surface area contributed by atoms with Crippen LogP contribution in [0, 0.1) is 28.5 Å². The first-order valence-electron chi connectivity index (χ1n) is 9.57. The molecule has 3 aromatic rings. The SMILES string of the molecule is COCCn1cc(C(=O)c2cc(F)ccc2OCc2ccccc2C#N)cc(C#N)c1=O. The van der Waals surface area contributed by atoms with Crippen molar-refractivity contribution in [1.82, 2.24) is 4.57 Å². The van der Waals surface area contributed by atoms with Crippen molar-refractivity contribution in [2.45, 2.75) is 13.2 Å². The Morgan fingerprint density at radius 3 is 2.56 bits per heavy atom. The Morgan fingerprint density at radius 2 is 1.84 bits per heavy atom. The standard InChI is InChI=1S/C24H18FN3O4/c1-31-9-8-28-14-19(10-18(13-27)24(28)30)23(29)21-11-20(25)6-7-22(21)32-15-17-5-3-2-4-16(17)12-26/h2-7,10-11,14H,8-9,15H2,1H3. The van der Waals surface area contributed by atoms with E-state index in [-0.39, 0.29) is 42.2 Å². The number of hydrogen-bond donors (Lipinski definition) is 0. The van der Waals surface area contributed by atoms with Crippen LogP contribution in [-0.2, 0) is 17.9 Å². The number of hydrogen-bond acceptors (Lipinski definition) is 6. The van der Waals surface area contributed by atoms with E-state index in [4.69, 9.17) is 9.47 Å². The van der Waals surface area contributed by atoms with E-state index in [1.165, 1.54) is 30.0 Å². The van der Waals surface area contributed by atoms with Gasteiger partial charge in [0.05, 0.1) is 23.8 Å². The average Bonchev–Trinajstić information content (AvgIpc) is 2.82. The van der Waals surface area contributed by atoms with Gasteiger partial charge in [-0.05, 0) is 30.3 Å². The summed E-state index contributed by atoms with van der Waals surface area (Å²) < 4.78 is 25.9. The highest BCUT2D eigenvalue weighted by molar-refractivity contribution is 6.10. The van der Waals surface area contributed by atoms with Gasteiger partial charge in [0.2, 0.25) is 0 Å². The third-order valence-corrected chi connectivity index (χ3v) is 4.71. The number of ether oxygens (including phenoxy) is 2. The second-order valence-corrected chi connectivity index (χ2v) is 6.77. The number of aromatic nitrogens is 1. The van der Waals surface area contributed by atoms with E-state index in [2.05, 4.69) is 6.07 Å². The van der Waals surface area contributed by atoms with E-state index in [1.807, 2.05) is 0 Å². The van der Waals surface area contributed by atoms with Crippen LogP contribution in [-0.4, -0.2) is 24.1 Å². The number of nitrogens with zero attached hydrogens (tertiary/aromatic N) is 3. The van der Waals surface area contributed by atoms with Crippen molar-refractivity contribution >= 4 is 5.78 Å². The van der Waals surface area contributed by atoms with Crippen molar-refractivity contribution in [2.24, 2.45) is 0 Å². The predicted octanol–water partition coefficient (Wildman–Crippen LogP) is 3.19. The molecule has 0 amide bonds. The van der Waals surface area contributed by atoms with Gasteiger partial charge in [-0.25, -0.2) is 4.39 Å². The molecule has 0 aliphatic heterocycles. The number of ketones is 1. The number of methoxy groups -OCH3 is 1. The molecule has 160 valence electrons. The molecule has 0 radical (unpaired) electrons. The summed E-state index contributed by atoms with van der Waals surface area (Å²) in [5.74, 6) is -1.15. The highest BCUT2D eigenvalue weighted by Crippen LogP contribution is 2.25. The highest BCUT2D eigenvalue weighted by Gasteiger charge is 2.19. The van der Waals surface area contributed by atoms with Crippen molar-refractivity contribution in [3.8, 4) is 17.9 Å². The summed E-state index contributed by atoms with van der Waals surface area (Å²) in [7, 11) is 1.46. The molecular formula is C24H18FN3O4. The lowest BCUT2D eigenvalue weighted by Crippen LogP contribution is -2.25. The molecule has 7 nitrogen and oxygen atoms in total. The average molecular weight is 431 g/mol. The molecule has 0 aliphatic carbocycles. The fourth-order valence-corrected chi connectivity index (χ4v) is 3.07. The number of rotatable bonds is 8. The minimum Gasteiger partial charge on any atom is -0.488 e. The van der Waals surface area contributed by atoms with E-state index >= 15 is 0 Å². The fraction of sp³-hybridized carbons (Fsp3) is 0.167. The third kappa shape index (κ3) is 4.89. The van der Waals surface area contributed by atoms with Crippen LogP contribution in [0.1, 0.15) is 32.6 Å². The Bertz CT molecular complexity index is 1300. The Labute approximate surface area is 183 Å². The quantitative estimate of drug-likeness (QED) is 0.507. The van der Waals surface area contributed by atoms with Crippen LogP contribution in [0.4, 0.5) is 4.39 Å². The first-order valence-corrected chi connectivity index (χ1v) is 9.57. The largest absolute Gasteiger partial charge is 0.488 e. The van der Waals surface area contributed by atoms with Gasteiger partial charge in [-0.3, -0.25) is 9.59 Å². The lowest BCUT2D eigenvalue weighted by molar-refractivity contribution is 0.103. The smallest absolute Gasteiger partial charge is 0.268 e.